The highest BCUT2D eigenvalue weighted by molar-refractivity contribution is 6.06. The smallest absolute Gasteiger partial charge is 0.255 e. The van der Waals surface area contributed by atoms with Crippen LogP contribution >= 0.6 is 0 Å². The zero-order valence-corrected chi connectivity index (χ0v) is 16.3. The van der Waals surface area contributed by atoms with Gasteiger partial charge in [-0.3, -0.25) is 4.79 Å². The Balaban J connectivity index is 2.18. The van der Waals surface area contributed by atoms with E-state index in [1.165, 1.54) is 4.90 Å². The van der Waals surface area contributed by atoms with E-state index in [9.17, 15) is 13.6 Å². The number of aromatic nitrogens is 3. The lowest BCUT2D eigenvalue weighted by Crippen LogP contribution is -2.35. The first kappa shape index (κ1) is 19.9. The lowest BCUT2D eigenvalue weighted by Gasteiger charge is -2.22. The molecule has 0 saturated carbocycles. The second-order valence-corrected chi connectivity index (χ2v) is 6.98. The first-order valence-corrected chi connectivity index (χ1v) is 9.43. The van der Waals surface area contributed by atoms with Crippen molar-refractivity contribution in [3.8, 4) is 11.3 Å². The molecular weight excluding hydrogens is 362 g/mol. The molecule has 28 heavy (non-hydrogen) atoms. The standard InChI is InChI=1S/C21H24F2N4O/c1-4-10-26(13-19(22)23)21(28)16-11-18(15-8-6-5-7-9-15)25-20-17(16)12-24-27(20)14(2)3/h5-9,11-12,14,19H,4,10,13H2,1-3H3. The van der Waals surface area contributed by atoms with Crippen molar-refractivity contribution >= 4 is 16.9 Å². The fourth-order valence-corrected chi connectivity index (χ4v) is 3.21. The van der Waals surface area contributed by atoms with Crippen LogP contribution in [0.4, 0.5) is 8.78 Å². The van der Waals surface area contributed by atoms with Gasteiger partial charge in [-0.2, -0.15) is 5.10 Å². The van der Waals surface area contributed by atoms with Gasteiger partial charge >= 0.3 is 0 Å². The molecule has 0 atom stereocenters. The molecule has 0 aliphatic carbocycles. The largest absolute Gasteiger partial charge is 0.333 e. The number of hydrogen-bond donors (Lipinski definition) is 0. The first-order chi connectivity index (χ1) is 13.4. The Morgan fingerprint density at radius 1 is 1.21 bits per heavy atom. The molecule has 0 fully saturated rings. The number of fused-ring (bicyclic) bond motifs is 1. The molecule has 0 aliphatic heterocycles. The Bertz CT molecular complexity index is 954. The van der Waals surface area contributed by atoms with Gasteiger partial charge in [0.2, 0.25) is 0 Å². The Labute approximate surface area is 163 Å². The van der Waals surface area contributed by atoms with E-state index in [4.69, 9.17) is 4.98 Å². The number of alkyl halides is 2. The number of amides is 1. The third-order valence-electron chi connectivity index (χ3n) is 4.49. The molecule has 2 heterocycles. The topological polar surface area (TPSA) is 51.0 Å². The van der Waals surface area contributed by atoms with E-state index in [1.54, 1.807) is 16.9 Å². The predicted molar refractivity (Wildman–Crippen MR) is 106 cm³/mol. The van der Waals surface area contributed by atoms with Crippen LogP contribution in [-0.2, 0) is 0 Å². The van der Waals surface area contributed by atoms with E-state index in [-0.39, 0.29) is 12.6 Å². The maximum Gasteiger partial charge on any atom is 0.255 e. The van der Waals surface area contributed by atoms with Crippen LogP contribution in [0, 0.1) is 0 Å². The normalized spacial score (nSPS) is 11.5. The first-order valence-electron chi connectivity index (χ1n) is 9.43. The molecule has 3 rings (SSSR count). The van der Waals surface area contributed by atoms with E-state index in [0.717, 1.165) is 5.56 Å². The van der Waals surface area contributed by atoms with E-state index < -0.39 is 18.9 Å². The second kappa shape index (κ2) is 8.46. The molecule has 0 N–H and O–H groups in total. The summed E-state index contributed by atoms with van der Waals surface area (Å²) in [5.41, 5.74) is 2.40. The fraction of sp³-hybridized carbons (Fsp3) is 0.381. The van der Waals surface area contributed by atoms with Crippen LogP contribution in [0.25, 0.3) is 22.3 Å². The van der Waals surface area contributed by atoms with Crippen LogP contribution in [0.15, 0.2) is 42.6 Å². The maximum absolute atomic E-state index is 13.2. The van der Waals surface area contributed by atoms with Crippen LogP contribution < -0.4 is 0 Å². The number of pyridine rings is 1. The predicted octanol–water partition coefficient (Wildman–Crippen LogP) is 4.80. The second-order valence-electron chi connectivity index (χ2n) is 6.98. The van der Waals surface area contributed by atoms with Crippen molar-refractivity contribution in [3.63, 3.8) is 0 Å². The highest BCUT2D eigenvalue weighted by Gasteiger charge is 2.24. The minimum Gasteiger partial charge on any atom is -0.333 e. The zero-order valence-electron chi connectivity index (χ0n) is 16.3. The van der Waals surface area contributed by atoms with Gasteiger partial charge in [0.1, 0.15) is 0 Å². The van der Waals surface area contributed by atoms with Gasteiger partial charge in [0, 0.05) is 18.2 Å². The van der Waals surface area contributed by atoms with Crippen molar-refractivity contribution in [2.75, 3.05) is 13.1 Å². The lowest BCUT2D eigenvalue weighted by molar-refractivity contribution is 0.0557. The van der Waals surface area contributed by atoms with Crippen molar-refractivity contribution in [1.29, 1.82) is 0 Å². The van der Waals surface area contributed by atoms with Crippen LogP contribution in [0.3, 0.4) is 0 Å². The van der Waals surface area contributed by atoms with Crippen molar-refractivity contribution in [2.45, 2.75) is 39.7 Å². The third-order valence-corrected chi connectivity index (χ3v) is 4.49. The highest BCUT2D eigenvalue weighted by Crippen LogP contribution is 2.27. The van der Waals surface area contributed by atoms with E-state index in [0.29, 0.717) is 28.7 Å². The van der Waals surface area contributed by atoms with Gasteiger partial charge in [-0.25, -0.2) is 18.4 Å². The summed E-state index contributed by atoms with van der Waals surface area (Å²) >= 11 is 0. The van der Waals surface area contributed by atoms with Gasteiger partial charge in [0.25, 0.3) is 12.3 Å². The van der Waals surface area contributed by atoms with Crippen LogP contribution in [0.5, 0.6) is 0 Å². The van der Waals surface area contributed by atoms with Gasteiger partial charge in [0.15, 0.2) is 5.65 Å². The number of carbonyl (C=O) groups is 1. The summed E-state index contributed by atoms with van der Waals surface area (Å²) in [6.45, 7) is 5.50. The molecule has 1 amide bonds. The summed E-state index contributed by atoms with van der Waals surface area (Å²) in [6, 6.07) is 11.2. The number of benzene rings is 1. The minimum atomic E-state index is -2.58. The van der Waals surface area contributed by atoms with Gasteiger partial charge in [-0.15, -0.1) is 0 Å². The molecule has 0 saturated heterocycles. The number of halogens is 2. The molecule has 5 nitrogen and oxygen atoms in total. The number of rotatable bonds is 7. The van der Waals surface area contributed by atoms with Gasteiger partial charge in [-0.1, -0.05) is 37.3 Å². The lowest BCUT2D eigenvalue weighted by atomic mass is 10.1. The molecular formula is C21H24F2N4O. The molecule has 1 aromatic carbocycles. The summed E-state index contributed by atoms with van der Waals surface area (Å²) in [4.78, 5) is 19.1. The molecule has 0 aliphatic rings. The van der Waals surface area contributed by atoms with Crippen molar-refractivity contribution < 1.29 is 13.6 Å². The fourth-order valence-electron chi connectivity index (χ4n) is 3.21. The Morgan fingerprint density at radius 2 is 1.93 bits per heavy atom. The van der Waals surface area contributed by atoms with Gasteiger partial charge < -0.3 is 4.90 Å². The monoisotopic (exact) mass is 386 g/mol. The SMILES string of the molecule is CCCN(CC(F)F)C(=O)c1cc(-c2ccccc2)nc2c1cnn2C(C)C. The molecule has 2 aromatic heterocycles. The summed E-state index contributed by atoms with van der Waals surface area (Å²) in [7, 11) is 0. The minimum absolute atomic E-state index is 0.0479. The van der Waals surface area contributed by atoms with Gasteiger partial charge in [-0.05, 0) is 26.3 Å². The summed E-state index contributed by atoms with van der Waals surface area (Å²) in [6.07, 6.45) is -0.389. The van der Waals surface area contributed by atoms with Crippen molar-refractivity contribution in [2.24, 2.45) is 0 Å². The average Bonchev–Trinajstić information content (AvgIpc) is 3.11. The Kier molecular flexibility index (Phi) is 6.02. The molecule has 0 unspecified atom stereocenters. The molecule has 3 aromatic rings. The van der Waals surface area contributed by atoms with Crippen molar-refractivity contribution in [1.82, 2.24) is 19.7 Å². The summed E-state index contributed by atoms with van der Waals surface area (Å²) in [5, 5.41) is 4.95. The zero-order chi connectivity index (χ0) is 20.3. The van der Waals surface area contributed by atoms with Gasteiger partial charge in [0.05, 0.1) is 29.4 Å². The van der Waals surface area contributed by atoms with Crippen LogP contribution in [0.2, 0.25) is 0 Å². The van der Waals surface area contributed by atoms with Crippen LogP contribution in [-0.4, -0.2) is 45.1 Å². The van der Waals surface area contributed by atoms with Crippen molar-refractivity contribution in [3.05, 3.63) is 48.2 Å². The molecule has 0 radical (unpaired) electrons. The number of carbonyl (C=O) groups excluding carboxylic acids is 1. The van der Waals surface area contributed by atoms with E-state index >= 15 is 0 Å². The number of hydrogen-bond acceptors (Lipinski definition) is 3. The molecule has 7 heteroatoms. The molecule has 0 spiro atoms. The number of nitrogens with zero attached hydrogens (tertiary/aromatic N) is 4. The Hall–Kier alpha value is -2.83. The summed E-state index contributed by atoms with van der Waals surface area (Å²) < 4.78 is 27.8. The summed E-state index contributed by atoms with van der Waals surface area (Å²) in [5.74, 6) is -0.421. The van der Waals surface area contributed by atoms with Crippen LogP contribution in [0.1, 0.15) is 43.6 Å². The third kappa shape index (κ3) is 4.03. The molecule has 148 valence electrons. The van der Waals surface area contributed by atoms with E-state index in [2.05, 4.69) is 5.10 Å². The Morgan fingerprint density at radius 3 is 2.54 bits per heavy atom. The van der Waals surface area contributed by atoms with E-state index in [1.807, 2.05) is 51.1 Å². The molecule has 0 bridgehead atoms. The average molecular weight is 386 g/mol. The quantitative estimate of drug-likeness (QED) is 0.586. The maximum atomic E-state index is 13.2. The highest BCUT2D eigenvalue weighted by atomic mass is 19.3.